The Kier molecular flexibility index (Phi) is 6.25. The van der Waals surface area contributed by atoms with Crippen molar-refractivity contribution >= 4 is 5.96 Å². The van der Waals surface area contributed by atoms with Crippen molar-refractivity contribution < 1.29 is 9.15 Å². The largest absolute Gasteiger partial charge is 0.469 e. The number of hydrogen-bond acceptors (Lipinski definition) is 4. The van der Waals surface area contributed by atoms with Crippen LogP contribution < -0.4 is 10.6 Å². The quantitative estimate of drug-likeness (QED) is 0.601. The van der Waals surface area contributed by atoms with E-state index < -0.39 is 0 Å². The summed E-state index contributed by atoms with van der Waals surface area (Å²) < 4.78 is 10.8. The van der Waals surface area contributed by atoms with Crippen LogP contribution in [-0.2, 0) is 17.7 Å². The number of nitrogens with zero attached hydrogens (tertiary/aromatic N) is 2. The van der Waals surface area contributed by atoms with Crippen molar-refractivity contribution in [3.8, 4) is 0 Å². The minimum atomic E-state index is 0.553. The van der Waals surface area contributed by atoms with Gasteiger partial charge in [0.25, 0.3) is 0 Å². The van der Waals surface area contributed by atoms with E-state index in [1.54, 1.807) is 12.5 Å². The van der Waals surface area contributed by atoms with Crippen molar-refractivity contribution in [1.82, 2.24) is 15.6 Å². The first kappa shape index (κ1) is 16.5. The van der Waals surface area contributed by atoms with Gasteiger partial charge in [-0.1, -0.05) is 6.07 Å². The summed E-state index contributed by atoms with van der Waals surface area (Å²) in [6.45, 7) is 3.88. The lowest BCUT2D eigenvalue weighted by atomic mass is 10.1. The van der Waals surface area contributed by atoms with E-state index in [0.717, 1.165) is 56.6 Å². The van der Waals surface area contributed by atoms with Crippen LogP contribution in [0.3, 0.4) is 0 Å². The average molecular weight is 328 g/mol. The standard InChI is InChI=1S/C18H24N4O2/c1-2-8-19-16(4-1)13-22-18(21-12-15-7-11-23-14-15)20-9-6-17-5-3-10-24-17/h1-5,8,10,15H,6-7,9,11-14H2,(H2,20,21,22). The molecule has 1 unspecified atom stereocenters. The van der Waals surface area contributed by atoms with Crippen molar-refractivity contribution in [2.75, 3.05) is 26.3 Å². The van der Waals surface area contributed by atoms with Gasteiger partial charge in [-0.2, -0.15) is 0 Å². The Morgan fingerprint density at radius 3 is 3.00 bits per heavy atom. The normalized spacial score (nSPS) is 17.8. The Labute approximate surface area is 142 Å². The number of pyridine rings is 1. The van der Waals surface area contributed by atoms with Crippen LogP contribution in [0.4, 0.5) is 0 Å². The van der Waals surface area contributed by atoms with Crippen LogP contribution in [0.25, 0.3) is 0 Å². The molecule has 2 aromatic heterocycles. The van der Waals surface area contributed by atoms with Crippen LogP contribution in [0.1, 0.15) is 17.9 Å². The molecule has 0 amide bonds. The fourth-order valence-corrected chi connectivity index (χ4v) is 2.57. The van der Waals surface area contributed by atoms with Gasteiger partial charge in [-0.25, -0.2) is 4.99 Å². The Hall–Kier alpha value is -2.34. The van der Waals surface area contributed by atoms with E-state index in [1.807, 2.05) is 30.3 Å². The molecular formula is C18H24N4O2. The van der Waals surface area contributed by atoms with Gasteiger partial charge in [-0.05, 0) is 30.7 Å². The maximum absolute atomic E-state index is 5.43. The molecule has 0 saturated carbocycles. The number of guanidine groups is 1. The summed E-state index contributed by atoms with van der Waals surface area (Å²) in [5, 5.41) is 6.78. The highest BCUT2D eigenvalue weighted by Gasteiger charge is 2.15. The number of aromatic nitrogens is 1. The molecule has 0 radical (unpaired) electrons. The molecule has 1 aliphatic heterocycles. The van der Waals surface area contributed by atoms with E-state index in [0.29, 0.717) is 12.5 Å². The molecule has 0 aliphatic carbocycles. The minimum absolute atomic E-state index is 0.553. The molecule has 2 N–H and O–H groups in total. The topological polar surface area (TPSA) is 71.7 Å². The number of aliphatic imine (C=N–C) groups is 1. The van der Waals surface area contributed by atoms with E-state index in [-0.39, 0.29) is 0 Å². The lowest BCUT2D eigenvalue weighted by Crippen LogP contribution is -2.41. The monoisotopic (exact) mass is 328 g/mol. The number of ether oxygens (including phenoxy) is 1. The van der Waals surface area contributed by atoms with Crippen molar-refractivity contribution in [1.29, 1.82) is 0 Å². The third-order valence-electron chi connectivity index (χ3n) is 3.95. The first-order chi connectivity index (χ1) is 11.9. The Morgan fingerprint density at radius 2 is 2.25 bits per heavy atom. The van der Waals surface area contributed by atoms with E-state index in [4.69, 9.17) is 9.15 Å². The molecule has 1 saturated heterocycles. The Bertz CT molecular complexity index is 607. The van der Waals surface area contributed by atoms with Gasteiger partial charge in [-0.3, -0.25) is 4.98 Å². The Morgan fingerprint density at radius 1 is 1.25 bits per heavy atom. The summed E-state index contributed by atoms with van der Waals surface area (Å²) in [6, 6.07) is 9.76. The zero-order valence-electron chi connectivity index (χ0n) is 13.8. The lowest BCUT2D eigenvalue weighted by Gasteiger charge is -2.14. The highest BCUT2D eigenvalue weighted by atomic mass is 16.5. The SMILES string of the molecule is c1ccc(CN=C(NCCc2ccco2)NCC2CCOC2)nc1. The first-order valence-electron chi connectivity index (χ1n) is 8.42. The van der Waals surface area contributed by atoms with Gasteiger partial charge in [0.1, 0.15) is 5.76 Å². The minimum Gasteiger partial charge on any atom is -0.469 e. The fraction of sp³-hybridized carbons (Fsp3) is 0.444. The molecule has 0 spiro atoms. The fourth-order valence-electron chi connectivity index (χ4n) is 2.57. The summed E-state index contributed by atoms with van der Waals surface area (Å²) in [4.78, 5) is 8.95. The molecule has 3 heterocycles. The summed E-state index contributed by atoms with van der Waals surface area (Å²) in [7, 11) is 0. The molecule has 6 heteroatoms. The summed E-state index contributed by atoms with van der Waals surface area (Å²) in [5.74, 6) is 2.33. The van der Waals surface area contributed by atoms with Crippen LogP contribution in [-0.4, -0.2) is 37.2 Å². The molecule has 2 aromatic rings. The maximum Gasteiger partial charge on any atom is 0.191 e. The highest BCUT2D eigenvalue weighted by molar-refractivity contribution is 5.79. The smallest absolute Gasteiger partial charge is 0.191 e. The molecular weight excluding hydrogens is 304 g/mol. The maximum atomic E-state index is 5.43. The molecule has 1 fully saturated rings. The van der Waals surface area contributed by atoms with E-state index in [9.17, 15) is 0 Å². The lowest BCUT2D eigenvalue weighted by molar-refractivity contribution is 0.186. The predicted octanol–water partition coefficient (Wildman–Crippen LogP) is 1.99. The summed E-state index contributed by atoms with van der Waals surface area (Å²) in [6.07, 6.45) is 5.42. The second-order valence-electron chi connectivity index (χ2n) is 5.85. The zero-order valence-corrected chi connectivity index (χ0v) is 13.8. The van der Waals surface area contributed by atoms with Crippen LogP contribution in [0, 0.1) is 5.92 Å². The molecule has 0 bridgehead atoms. The Balaban J connectivity index is 1.52. The third-order valence-corrected chi connectivity index (χ3v) is 3.95. The van der Waals surface area contributed by atoms with Crippen LogP contribution >= 0.6 is 0 Å². The molecule has 0 aromatic carbocycles. The van der Waals surface area contributed by atoms with Crippen LogP contribution in [0.5, 0.6) is 0 Å². The summed E-state index contributed by atoms with van der Waals surface area (Å²) in [5.41, 5.74) is 0.953. The molecule has 1 aliphatic rings. The van der Waals surface area contributed by atoms with Gasteiger partial charge in [0, 0.05) is 38.2 Å². The van der Waals surface area contributed by atoms with Crippen molar-refractivity contribution in [2.24, 2.45) is 10.9 Å². The van der Waals surface area contributed by atoms with Gasteiger partial charge in [0.2, 0.25) is 0 Å². The van der Waals surface area contributed by atoms with Crippen molar-refractivity contribution in [3.05, 3.63) is 54.2 Å². The second kappa shape index (κ2) is 9.08. The molecule has 24 heavy (non-hydrogen) atoms. The molecule has 1 atom stereocenters. The van der Waals surface area contributed by atoms with Gasteiger partial charge in [0.15, 0.2) is 5.96 Å². The number of nitrogens with one attached hydrogen (secondary N) is 2. The summed E-state index contributed by atoms with van der Waals surface area (Å²) >= 11 is 0. The van der Waals surface area contributed by atoms with Crippen LogP contribution in [0.2, 0.25) is 0 Å². The zero-order chi connectivity index (χ0) is 16.5. The molecule has 6 nitrogen and oxygen atoms in total. The highest BCUT2D eigenvalue weighted by Crippen LogP contribution is 2.10. The van der Waals surface area contributed by atoms with Crippen LogP contribution in [0.15, 0.2) is 52.2 Å². The van der Waals surface area contributed by atoms with Crippen molar-refractivity contribution in [3.63, 3.8) is 0 Å². The first-order valence-corrected chi connectivity index (χ1v) is 8.42. The molecule has 3 rings (SSSR count). The number of furan rings is 1. The second-order valence-corrected chi connectivity index (χ2v) is 5.85. The van der Waals surface area contributed by atoms with E-state index in [2.05, 4.69) is 20.6 Å². The van der Waals surface area contributed by atoms with Crippen molar-refractivity contribution in [2.45, 2.75) is 19.4 Å². The van der Waals surface area contributed by atoms with Gasteiger partial charge >= 0.3 is 0 Å². The number of hydrogen-bond donors (Lipinski definition) is 2. The van der Waals surface area contributed by atoms with Gasteiger partial charge < -0.3 is 19.8 Å². The van der Waals surface area contributed by atoms with E-state index >= 15 is 0 Å². The van der Waals surface area contributed by atoms with E-state index in [1.165, 1.54) is 0 Å². The third kappa shape index (κ3) is 5.38. The van der Waals surface area contributed by atoms with Gasteiger partial charge in [-0.15, -0.1) is 0 Å². The molecule has 128 valence electrons. The average Bonchev–Trinajstić information content (AvgIpc) is 3.31. The van der Waals surface area contributed by atoms with Gasteiger partial charge in [0.05, 0.1) is 25.1 Å². The number of rotatable bonds is 7. The predicted molar refractivity (Wildman–Crippen MR) is 92.7 cm³/mol.